The van der Waals surface area contributed by atoms with Crippen LogP contribution in [0.4, 0.5) is 5.69 Å². The Morgan fingerprint density at radius 3 is 2.52 bits per heavy atom. The third kappa shape index (κ3) is 4.03. The number of nitrogens with one attached hydrogen (secondary N) is 1. The molecule has 0 fully saturated rings. The fourth-order valence-corrected chi connectivity index (χ4v) is 2.09. The van der Waals surface area contributed by atoms with Crippen LogP contribution in [0, 0.1) is 6.92 Å². The maximum atomic E-state index is 12.1. The number of nitrogens with zero attached hydrogens (tertiary/aromatic N) is 1. The molecule has 0 saturated carbocycles. The molecule has 5 nitrogen and oxygen atoms in total. The van der Waals surface area contributed by atoms with Gasteiger partial charge < -0.3 is 11.1 Å². The number of aryl methyl sites for hydroxylation is 1. The molecule has 0 bridgehead atoms. The molecule has 1 aromatic carbocycles. The quantitative estimate of drug-likeness (QED) is 0.909. The molecule has 1 aromatic heterocycles. The van der Waals surface area contributed by atoms with Crippen molar-refractivity contribution in [1.29, 1.82) is 0 Å². The zero-order valence-electron chi connectivity index (χ0n) is 11.4. The van der Waals surface area contributed by atoms with Crippen LogP contribution in [-0.2, 0) is 11.2 Å². The normalized spacial score (nSPS) is 10.2. The second-order valence-corrected chi connectivity index (χ2v) is 5.01. The minimum Gasteiger partial charge on any atom is -0.369 e. The predicted molar refractivity (Wildman–Crippen MR) is 81.3 cm³/mol. The van der Waals surface area contributed by atoms with Crippen LogP contribution in [0.15, 0.2) is 36.5 Å². The summed E-state index contributed by atoms with van der Waals surface area (Å²) in [5.74, 6) is -0.737. The number of hydrogen-bond acceptors (Lipinski definition) is 3. The second-order valence-electron chi connectivity index (χ2n) is 4.60. The number of nitrogens with two attached hydrogens (primary N) is 1. The lowest BCUT2D eigenvalue weighted by Gasteiger charge is -2.07. The second kappa shape index (κ2) is 6.37. The molecule has 0 aliphatic heterocycles. The van der Waals surface area contributed by atoms with E-state index < -0.39 is 5.91 Å². The highest BCUT2D eigenvalue weighted by Gasteiger charge is 2.11. The summed E-state index contributed by atoms with van der Waals surface area (Å²) < 4.78 is 0. The molecule has 1 heterocycles. The van der Waals surface area contributed by atoms with Crippen molar-refractivity contribution in [3.63, 3.8) is 0 Å². The van der Waals surface area contributed by atoms with Crippen LogP contribution >= 0.6 is 11.6 Å². The average molecular weight is 304 g/mol. The van der Waals surface area contributed by atoms with Gasteiger partial charge in [-0.1, -0.05) is 23.7 Å². The van der Waals surface area contributed by atoms with Crippen molar-refractivity contribution in [2.45, 2.75) is 13.3 Å². The molecule has 2 amide bonds. The first kappa shape index (κ1) is 15.0. The summed E-state index contributed by atoms with van der Waals surface area (Å²) in [5.41, 5.74) is 7.56. The smallest absolute Gasteiger partial charge is 0.258 e. The van der Waals surface area contributed by atoms with Crippen LogP contribution in [0.3, 0.4) is 0 Å². The van der Waals surface area contributed by atoms with Gasteiger partial charge in [0.1, 0.15) is 0 Å². The van der Waals surface area contributed by atoms with Gasteiger partial charge in [-0.05, 0) is 30.7 Å². The number of halogens is 1. The van der Waals surface area contributed by atoms with Crippen LogP contribution < -0.4 is 11.1 Å². The highest BCUT2D eigenvalue weighted by molar-refractivity contribution is 6.34. The summed E-state index contributed by atoms with van der Waals surface area (Å²) in [6.07, 6.45) is 1.61. The Balaban J connectivity index is 2.10. The summed E-state index contributed by atoms with van der Waals surface area (Å²) in [5, 5.41) is 3.07. The van der Waals surface area contributed by atoms with E-state index >= 15 is 0 Å². The molecule has 3 N–H and O–H groups in total. The fourth-order valence-electron chi connectivity index (χ4n) is 1.80. The van der Waals surface area contributed by atoms with Crippen LogP contribution in [0.25, 0.3) is 0 Å². The zero-order chi connectivity index (χ0) is 15.4. The number of carbonyl (C=O) groups excluding carboxylic acids is 2. The van der Waals surface area contributed by atoms with Gasteiger partial charge in [0, 0.05) is 17.6 Å². The topological polar surface area (TPSA) is 85.1 Å². The van der Waals surface area contributed by atoms with Crippen LogP contribution in [0.1, 0.15) is 21.6 Å². The van der Waals surface area contributed by atoms with E-state index in [4.69, 9.17) is 17.3 Å². The maximum Gasteiger partial charge on any atom is 0.258 e. The number of carbonyl (C=O) groups is 2. The molecule has 0 saturated heterocycles. The van der Waals surface area contributed by atoms with E-state index in [1.807, 2.05) is 0 Å². The van der Waals surface area contributed by atoms with Crippen molar-refractivity contribution in [2.24, 2.45) is 5.73 Å². The van der Waals surface area contributed by atoms with Crippen molar-refractivity contribution in [3.05, 3.63) is 58.4 Å². The molecule has 0 atom stereocenters. The lowest BCUT2D eigenvalue weighted by Crippen LogP contribution is -2.14. The number of primary amides is 1. The van der Waals surface area contributed by atoms with Gasteiger partial charge in [-0.3, -0.25) is 14.6 Å². The van der Waals surface area contributed by atoms with Gasteiger partial charge in [0.25, 0.3) is 5.91 Å². The molecule has 0 radical (unpaired) electrons. The summed E-state index contributed by atoms with van der Waals surface area (Å²) in [4.78, 5) is 27.0. The molecule has 0 aliphatic rings. The number of pyridine rings is 1. The van der Waals surface area contributed by atoms with E-state index in [1.165, 1.54) is 6.20 Å². The first-order chi connectivity index (χ1) is 9.95. The highest BCUT2D eigenvalue weighted by Crippen LogP contribution is 2.18. The molecule has 21 heavy (non-hydrogen) atoms. The highest BCUT2D eigenvalue weighted by atomic mass is 35.5. The summed E-state index contributed by atoms with van der Waals surface area (Å²) in [7, 11) is 0. The lowest BCUT2D eigenvalue weighted by atomic mass is 10.1. The van der Waals surface area contributed by atoms with E-state index in [9.17, 15) is 9.59 Å². The summed E-state index contributed by atoms with van der Waals surface area (Å²) >= 11 is 6.02. The monoisotopic (exact) mass is 303 g/mol. The number of anilines is 1. The molecular weight excluding hydrogens is 290 g/mol. The van der Waals surface area contributed by atoms with Gasteiger partial charge in [-0.25, -0.2) is 0 Å². The van der Waals surface area contributed by atoms with Crippen molar-refractivity contribution < 1.29 is 9.59 Å². The molecule has 108 valence electrons. The van der Waals surface area contributed by atoms with Crippen LogP contribution in [-0.4, -0.2) is 16.8 Å². The predicted octanol–water partition coefficient (Wildman–Crippen LogP) is 2.32. The van der Waals surface area contributed by atoms with E-state index in [0.717, 1.165) is 11.3 Å². The number of benzene rings is 1. The largest absolute Gasteiger partial charge is 0.369 e. The lowest BCUT2D eigenvalue weighted by molar-refractivity contribution is -0.117. The Labute approximate surface area is 127 Å². The van der Waals surface area contributed by atoms with E-state index in [0.29, 0.717) is 16.3 Å². The van der Waals surface area contributed by atoms with Crippen molar-refractivity contribution in [2.75, 3.05) is 5.32 Å². The number of rotatable bonds is 4. The first-order valence-electron chi connectivity index (χ1n) is 6.26. The van der Waals surface area contributed by atoms with Crippen LogP contribution in [0.5, 0.6) is 0 Å². The summed E-state index contributed by atoms with van der Waals surface area (Å²) in [6, 6.07) is 8.49. The maximum absolute atomic E-state index is 12.1. The molecule has 2 rings (SSSR count). The average Bonchev–Trinajstić information content (AvgIpc) is 2.40. The molecule has 2 aromatic rings. The Morgan fingerprint density at radius 2 is 1.95 bits per heavy atom. The van der Waals surface area contributed by atoms with Crippen molar-refractivity contribution >= 4 is 29.1 Å². The third-order valence-corrected chi connectivity index (χ3v) is 3.14. The summed E-state index contributed by atoms with van der Waals surface area (Å²) in [6.45, 7) is 1.80. The van der Waals surface area contributed by atoms with Crippen LogP contribution in [0.2, 0.25) is 5.02 Å². The van der Waals surface area contributed by atoms with Crippen molar-refractivity contribution in [1.82, 2.24) is 4.98 Å². The Bertz CT molecular complexity index is 684. The minimum atomic E-state index is -0.399. The Morgan fingerprint density at radius 1 is 1.29 bits per heavy atom. The fraction of sp³-hybridized carbons (Fsp3) is 0.133. The Kier molecular flexibility index (Phi) is 4.55. The third-order valence-electron chi connectivity index (χ3n) is 2.82. The van der Waals surface area contributed by atoms with E-state index in [-0.39, 0.29) is 12.3 Å². The van der Waals surface area contributed by atoms with Crippen molar-refractivity contribution in [3.8, 4) is 0 Å². The minimum absolute atomic E-state index is 0.169. The molecule has 0 spiro atoms. The van der Waals surface area contributed by atoms with Gasteiger partial charge in [-0.15, -0.1) is 0 Å². The SMILES string of the molecule is Cc1cc(Cl)c(C(=O)Nc2ccc(CC(N)=O)cc2)cn1. The Hall–Kier alpha value is -2.40. The molecule has 0 aliphatic carbocycles. The zero-order valence-corrected chi connectivity index (χ0v) is 12.1. The molecule has 0 unspecified atom stereocenters. The first-order valence-corrected chi connectivity index (χ1v) is 6.64. The molecule has 6 heteroatoms. The van der Waals surface area contributed by atoms with Gasteiger partial charge >= 0.3 is 0 Å². The van der Waals surface area contributed by atoms with E-state index in [2.05, 4.69) is 10.3 Å². The van der Waals surface area contributed by atoms with Gasteiger partial charge in [0.15, 0.2) is 0 Å². The standard InChI is InChI=1S/C15H14ClN3O2/c1-9-6-13(16)12(8-18-9)15(21)19-11-4-2-10(3-5-11)7-14(17)20/h2-6,8H,7H2,1H3,(H2,17,20)(H,19,21). The van der Waals surface area contributed by atoms with Gasteiger partial charge in [0.2, 0.25) is 5.91 Å². The van der Waals surface area contributed by atoms with Gasteiger partial charge in [-0.2, -0.15) is 0 Å². The molecular formula is C15H14ClN3O2. The van der Waals surface area contributed by atoms with E-state index in [1.54, 1.807) is 37.3 Å². The number of hydrogen-bond donors (Lipinski definition) is 2. The number of amides is 2. The van der Waals surface area contributed by atoms with Gasteiger partial charge in [0.05, 0.1) is 17.0 Å². The number of aromatic nitrogens is 1.